The Kier molecular flexibility index (Phi) is 5.20. The first-order chi connectivity index (χ1) is 10.0. The summed E-state index contributed by atoms with van der Waals surface area (Å²) in [4.78, 5) is 18.9. The molecule has 0 bridgehead atoms. The van der Waals surface area contributed by atoms with E-state index in [-0.39, 0.29) is 17.6 Å². The van der Waals surface area contributed by atoms with E-state index in [0.717, 1.165) is 11.4 Å². The van der Waals surface area contributed by atoms with Gasteiger partial charge in [-0.25, -0.2) is 4.98 Å². The molecule has 0 fully saturated rings. The molecule has 0 saturated heterocycles. The number of carbonyl (C=O) groups is 1. The van der Waals surface area contributed by atoms with Crippen LogP contribution in [0.5, 0.6) is 0 Å². The number of nitrogens with zero attached hydrogens (tertiary/aromatic N) is 1. The van der Waals surface area contributed by atoms with Gasteiger partial charge in [0.2, 0.25) is 0 Å². The average molecular weight is 324 g/mol. The maximum Gasteiger partial charge on any atom is 0.272 e. The number of aryl methyl sites for hydroxylation is 1. The van der Waals surface area contributed by atoms with Gasteiger partial charge in [-0.15, -0.1) is 11.3 Å². The molecule has 2 aromatic rings. The molecule has 2 heterocycles. The van der Waals surface area contributed by atoms with Crippen molar-refractivity contribution in [3.05, 3.63) is 44.7 Å². The Bertz CT molecular complexity index is 642. The van der Waals surface area contributed by atoms with Crippen molar-refractivity contribution < 1.29 is 4.79 Å². The molecule has 112 valence electrons. The van der Waals surface area contributed by atoms with E-state index < -0.39 is 0 Å². The number of nitrogens with one attached hydrogen (secondary N) is 2. The molecule has 6 heteroatoms. The fourth-order valence-corrected chi connectivity index (χ4v) is 2.97. The second kappa shape index (κ2) is 6.91. The lowest BCUT2D eigenvalue weighted by molar-refractivity contribution is 0.0936. The van der Waals surface area contributed by atoms with Gasteiger partial charge in [0.15, 0.2) is 0 Å². The normalized spacial score (nSPS) is 12.0. The SMILES string of the molecule is CCNc1ccc(Cl)c(C(=O)NC(C)c2ccc(C)s2)n1. The Morgan fingerprint density at radius 1 is 1.38 bits per heavy atom. The number of halogens is 1. The molecule has 1 amide bonds. The van der Waals surface area contributed by atoms with Crippen molar-refractivity contribution in [3.63, 3.8) is 0 Å². The first kappa shape index (κ1) is 15.8. The number of pyridine rings is 1. The predicted molar refractivity (Wildman–Crippen MR) is 88.3 cm³/mol. The van der Waals surface area contributed by atoms with Crippen LogP contribution < -0.4 is 10.6 Å². The van der Waals surface area contributed by atoms with Gasteiger partial charge in [-0.05, 0) is 45.0 Å². The van der Waals surface area contributed by atoms with Gasteiger partial charge in [-0.3, -0.25) is 4.79 Å². The molecule has 0 aromatic carbocycles. The fourth-order valence-electron chi connectivity index (χ4n) is 1.90. The minimum Gasteiger partial charge on any atom is -0.370 e. The third-order valence-corrected chi connectivity index (χ3v) is 4.44. The molecule has 2 aromatic heterocycles. The third-order valence-electron chi connectivity index (χ3n) is 2.95. The van der Waals surface area contributed by atoms with Crippen LogP contribution in [-0.4, -0.2) is 17.4 Å². The van der Waals surface area contributed by atoms with Crippen LogP contribution in [0, 0.1) is 6.92 Å². The van der Waals surface area contributed by atoms with Gasteiger partial charge in [0, 0.05) is 16.3 Å². The van der Waals surface area contributed by atoms with Gasteiger partial charge in [0.1, 0.15) is 11.5 Å². The lowest BCUT2D eigenvalue weighted by atomic mass is 10.2. The number of rotatable bonds is 5. The molecule has 0 radical (unpaired) electrons. The number of amides is 1. The molecule has 0 aliphatic heterocycles. The molecule has 0 saturated carbocycles. The summed E-state index contributed by atoms with van der Waals surface area (Å²) in [5.41, 5.74) is 0.246. The number of hydrogen-bond acceptors (Lipinski definition) is 4. The zero-order valence-corrected chi connectivity index (χ0v) is 13.8. The molecule has 0 spiro atoms. The fraction of sp³-hybridized carbons (Fsp3) is 0.333. The smallest absolute Gasteiger partial charge is 0.272 e. The summed E-state index contributed by atoms with van der Waals surface area (Å²) in [6.45, 7) is 6.70. The van der Waals surface area contributed by atoms with Crippen molar-refractivity contribution in [2.45, 2.75) is 26.8 Å². The summed E-state index contributed by atoms with van der Waals surface area (Å²) < 4.78 is 0. The van der Waals surface area contributed by atoms with E-state index in [1.165, 1.54) is 4.88 Å². The highest BCUT2D eigenvalue weighted by Gasteiger charge is 2.17. The molecular formula is C15H18ClN3OS. The zero-order valence-electron chi connectivity index (χ0n) is 12.2. The average Bonchev–Trinajstić information content (AvgIpc) is 2.88. The molecule has 4 nitrogen and oxygen atoms in total. The first-order valence-electron chi connectivity index (χ1n) is 6.79. The maximum atomic E-state index is 12.3. The topological polar surface area (TPSA) is 54.0 Å². The Balaban J connectivity index is 2.14. The standard InChI is InChI=1S/C15H18ClN3OS/c1-4-17-13-8-6-11(16)14(19-13)15(20)18-10(3)12-7-5-9(2)21-12/h5-8,10H,4H2,1-3H3,(H,17,19)(H,18,20). The van der Waals surface area contributed by atoms with Crippen LogP contribution in [0.4, 0.5) is 5.82 Å². The summed E-state index contributed by atoms with van der Waals surface area (Å²) in [5, 5.41) is 6.35. The predicted octanol–water partition coefficient (Wildman–Crippen LogP) is 4.03. The largest absolute Gasteiger partial charge is 0.370 e. The summed E-state index contributed by atoms with van der Waals surface area (Å²) in [6, 6.07) is 7.43. The van der Waals surface area contributed by atoms with E-state index in [1.807, 2.05) is 32.9 Å². The highest BCUT2D eigenvalue weighted by atomic mass is 35.5. The Labute approximate surface area is 133 Å². The van der Waals surface area contributed by atoms with E-state index >= 15 is 0 Å². The summed E-state index contributed by atoms with van der Waals surface area (Å²) in [6.07, 6.45) is 0. The summed E-state index contributed by atoms with van der Waals surface area (Å²) in [7, 11) is 0. The quantitative estimate of drug-likeness (QED) is 0.873. The van der Waals surface area contributed by atoms with Crippen molar-refractivity contribution in [2.24, 2.45) is 0 Å². The Morgan fingerprint density at radius 2 is 2.14 bits per heavy atom. The molecular weight excluding hydrogens is 306 g/mol. The van der Waals surface area contributed by atoms with Gasteiger partial charge < -0.3 is 10.6 Å². The molecule has 0 aliphatic carbocycles. The second-order valence-electron chi connectivity index (χ2n) is 4.70. The lowest BCUT2D eigenvalue weighted by Gasteiger charge is -2.13. The van der Waals surface area contributed by atoms with Gasteiger partial charge in [0.25, 0.3) is 5.91 Å². The van der Waals surface area contributed by atoms with Crippen LogP contribution in [-0.2, 0) is 0 Å². The molecule has 21 heavy (non-hydrogen) atoms. The van der Waals surface area contributed by atoms with Crippen molar-refractivity contribution in [1.29, 1.82) is 0 Å². The first-order valence-corrected chi connectivity index (χ1v) is 7.98. The number of hydrogen-bond donors (Lipinski definition) is 2. The van der Waals surface area contributed by atoms with Gasteiger partial charge in [-0.1, -0.05) is 11.6 Å². The van der Waals surface area contributed by atoms with E-state index in [4.69, 9.17) is 11.6 Å². The number of thiophene rings is 1. The monoisotopic (exact) mass is 323 g/mol. The summed E-state index contributed by atoms with van der Waals surface area (Å²) >= 11 is 7.74. The maximum absolute atomic E-state index is 12.3. The Hall–Kier alpha value is -1.59. The molecule has 1 unspecified atom stereocenters. The van der Waals surface area contributed by atoms with Crippen molar-refractivity contribution in [2.75, 3.05) is 11.9 Å². The van der Waals surface area contributed by atoms with E-state index in [9.17, 15) is 4.79 Å². The summed E-state index contributed by atoms with van der Waals surface area (Å²) in [5.74, 6) is 0.380. The third kappa shape index (κ3) is 3.95. The van der Waals surface area contributed by atoms with Crippen LogP contribution in [0.3, 0.4) is 0 Å². The van der Waals surface area contributed by atoms with Crippen LogP contribution >= 0.6 is 22.9 Å². The van der Waals surface area contributed by atoms with Crippen LogP contribution in [0.15, 0.2) is 24.3 Å². The van der Waals surface area contributed by atoms with Crippen molar-refractivity contribution in [3.8, 4) is 0 Å². The van der Waals surface area contributed by atoms with E-state index in [2.05, 4.69) is 15.6 Å². The lowest BCUT2D eigenvalue weighted by Crippen LogP contribution is -2.27. The highest BCUT2D eigenvalue weighted by Crippen LogP contribution is 2.23. The number of anilines is 1. The van der Waals surface area contributed by atoms with Crippen molar-refractivity contribution in [1.82, 2.24) is 10.3 Å². The minimum atomic E-state index is -0.265. The molecule has 2 rings (SSSR count). The second-order valence-corrected chi connectivity index (χ2v) is 6.43. The zero-order chi connectivity index (χ0) is 15.4. The van der Waals surface area contributed by atoms with Crippen LogP contribution in [0.2, 0.25) is 5.02 Å². The number of aromatic nitrogens is 1. The van der Waals surface area contributed by atoms with E-state index in [0.29, 0.717) is 10.8 Å². The molecule has 0 aliphatic rings. The van der Waals surface area contributed by atoms with Crippen LogP contribution in [0.1, 0.15) is 40.1 Å². The minimum absolute atomic E-state index is 0.0724. The molecule has 2 N–H and O–H groups in total. The van der Waals surface area contributed by atoms with E-state index in [1.54, 1.807) is 23.5 Å². The van der Waals surface area contributed by atoms with Gasteiger partial charge in [0.05, 0.1) is 11.1 Å². The Morgan fingerprint density at radius 3 is 2.76 bits per heavy atom. The highest BCUT2D eigenvalue weighted by molar-refractivity contribution is 7.12. The molecule has 1 atom stereocenters. The number of carbonyl (C=O) groups excluding carboxylic acids is 1. The van der Waals surface area contributed by atoms with Gasteiger partial charge in [-0.2, -0.15) is 0 Å². The van der Waals surface area contributed by atoms with Crippen molar-refractivity contribution >= 4 is 34.7 Å². The van der Waals surface area contributed by atoms with Crippen LogP contribution in [0.25, 0.3) is 0 Å². The van der Waals surface area contributed by atoms with Gasteiger partial charge >= 0.3 is 0 Å².